The Labute approximate surface area is 89.5 Å². The Balaban J connectivity index is 2.17. The second kappa shape index (κ2) is 3.93. The predicted octanol–water partition coefficient (Wildman–Crippen LogP) is 0.703. The molecule has 2 rings (SSSR count). The smallest absolute Gasteiger partial charge is 0.0912 e. The monoisotopic (exact) mass is 207 g/mol. The lowest BCUT2D eigenvalue weighted by molar-refractivity contribution is 0.186. The van der Waals surface area contributed by atoms with Crippen molar-refractivity contribution in [1.82, 2.24) is 0 Å². The summed E-state index contributed by atoms with van der Waals surface area (Å²) in [5.41, 5.74) is 7.39. The molecule has 0 spiro atoms. The molecule has 1 aromatic carbocycles. The van der Waals surface area contributed by atoms with Gasteiger partial charge in [0.2, 0.25) is 0 Å². The minimum Gasteiger partial charge on any atom is -0.395 e. The molecule has 1 unspecified atom stereocenters. The molecule has 3 heteroatoms. The second-order valence-corrected chi connectivity index (χ2v) is 4.31. The molecule has 1 saturated carbocycles. The van der Waals surface area contributed by atoms with Crippen LogP contribution in [0.4, 0.5) is 0 Å². The molecule has 0 aromatic heterocycles. The van der Waals surface area contributed by atoms with Gasteiger partial charge in [-0.25, -0.2) is 0 Å². The first-order chi connectivity index (χ1) is 7.22. The van der Waals surface area contributed by atoms with Crippen molar-refractivity contribution in [2.75, 3.05) is 13.2 Å². The molecule has 4 N–H and O–H groups in total. The van der Waals surface area contributed by atoms with E-state index in [0.29, 0.717) is 0 Å². The molecule has 0 aliphatic heterocycles. The van der Waals surface area contributed by atoms with Gasteiger partial charge in [-0.2, -0.15) is 0 Å². The van der Waals surface area contributed by atoms with E-state index >= 15 is 0 Å². The van der Waals surface area contributed by atoms with Crippen molar-refractivity contribution in [3.05, 3.63) is 35.4 Å². The maximum absolute atomic E-state index is 9.52. The summed E-state index contributed by atoms with van der Waals surface area (Å²) in [6, 6.07) is 7.75. The summed E-state index contributed by atoms with van der Waals surface area (Å²) >= 11 is 0. The SMILES string of the molecule is NCC(O)c1ccc(C2(CO)CC2)cc1. The van der Waals surface area contributed by atoms with Crippen LogP contribution in [0.25, 0.3) is 0 Å². The average Bonchev–Trinajstić information content (AvgIpc) is 3.09. The summed E-state index contributed by atoms with van der Waals surface area (Å²) in [6.45, 7) is 0.455. The molecular weight excluding hydrogens is 190 g/mol. The molecular formula is C12H17NO2. The van der Waals surface area contributed by atoms with Gasteiger partial charge in [0.25, 0.3) is 0 Å². The van der Waals surface area contributed by atoms with Crippen LogP contribution >= 0.6 is 0 Å². The molecule has 3 nitrogen and oxygen atoms in total. The van der Waals surface area contributed by atoms with Crippen molar-refractivity contribution >= 4 is 0 Å². The van der Waals surface area contributed by atoms with Crippen LogP contribution in [0.1, 0.15) is 30.1 Å². The number of rotatable bonds is 4. The molecule has 15 heavy (non-hydrogen) atoms. The molecule has 82 valence electrons. The van der Waals surface area contributed by atoms with E-state index in [4.69, 9.17) is 5.73 Å². The summed E-state index contributed by atoms with van der Waals surface area (Å²) in [6.07, 6.45) is 1.54. The van der Waals surface area contributed by atoms with Crippen molar-refractivity contribution in [3.8, 4) is 0 Å². The highest BCUT2D eigenvalue weighted by molar-refractivity contribution is 5.34. The zero-order valence-electron chi connectivity index (χ0n) is 8.69. The normalized spacial score (nSPS) is 19.9. The number of nitrogens with two attached hydrogens (primary N) is 1. The van der Waals surface area contributed by atoms with Crippen LogP contribution in [0.3, 0.4) is 0 Å². The highest BCUT2D eigenvalue weighted by Gasteiger charge is 2.43. The Morgan fingerprint density at radius 1 is 1.27 bits per heavy atom. The van der Waals surface area contributed by atoms with Gasteiger partial charge in [0.1, 0.15) is 0 Å². The highest BCUT2D eigenvalue weighted by atomic mass is 16.3. The van der Waals surface area contributed by atoms with Gasteiger partial charge in [0.05, 0.1) is 12.7 Å². The van der Waals surface area contributed by atoms with E-state index in [-0.39, 0.29) is 18.6 Å². The Morgan fingerprint density at radius 2 is 1.87 bits per heavy atom. The highest BCUT2D eigenvalue weighted by Crippen LogP contribution is 2.47. The van der Waals surface area contributed by atoms with E-state index in [0.717, 1.165) is 24.0 Å². The van der Waals surface area contributed by atoms with Gasteiger partial charge in [-0.05, 0) is 24.0 Å². The van der Waals surface area contributed by atoms with Gasteiger partial charge >= 0.3 is 0 Å². The van der Waals surface area contributed by atoms with Crippen LogP contribution in [-0.2, 0) is 5.41 Å². The van der Waals surface area contributed by atoms with E-state index in [2.05, 4.69) is 0 Å². The molecule has 0 amide bonds. The first-order valence-electron chi connectivity index (χ1n) is 5.31. The lowest BCUT2D eigenvalue weighted by Gasteiger charge is -2.14. The van der Waals surface area contributed by atoms with E-state index in [1.54, 1.807) is 0 Å². The largest absolute Gasteiger partial charge is 0.395 e. The maximum atomic E-state index is 9.52. The fourth-order valence-corrected chi connectivity index (χ4v) is 1.88. The van der Waals surface area contributed by atoms with Crippen LogP contribution in [0.2, 0.25) is 0 Å². The quantitative estimate of drug-likeness (QED) is 0.681. The van der Waals surface area contributed by atoms with Crippen molar-refractivity contribution in [3.63, 3.8) is 0 Å². The number of aliphatic hydroxyl groups is 2. The molecule has 1 atom stereocenters. The molecule has 0 bridgehead atoms. The van der Waals surface area contributed by atoms with Gasteiger partial charge in [-0.1, -0.05) is 24.3 Å². The van der Waals surface area contributed by atoms with Crippen LogP contribution < -0.4 is 5.73 Å². The number of benzene rings is 1. The number of hydrogen-bond acceptors (Lipinski definition) is 3. The summed E-state index contributed by atoms with van der Waals surface area (Å²) in [5.74, 6) is 0. The van der Waals surface area contributed by atoms with E-state index in [1.165, 1.54) is 0 Å². The zero-order chi connectivity index (χ0) is 10.9. The summed E-state index contributed by atoms with van der Waals surface area (Å²) < 4.78 is 0. The third kappa shape index (κ3) is 1.91. The van der Waals surface area contributed by atoms with Gasteiger partial charge in [-0.3, -0.25) is 0 Å². The fourth-order valence-electron chi connectivity index (χ4n) is 1.88. The average molecular weight is 207 g/mol. The van der Waals surface area contributed by atoms with Gasteiger partial charge < -0.3 is 15.9 Å². The fraction of sp³-hybridized carbons (Fsp3) is 0.500. The van der Waals surface area contributed by atoms with Crippen LogP contribution in [0.5, 0.6) is 0 Å². The maximum Gasteiger partial charge on any atom is 0.0912 e. The molecule has 0 radical (unpaired) electrons. The Kier molecular flexibility index (Phi) is 2.78. The van der Waals surface area contributed by atoms with Crippen molar-refractivity contribution in [2.24, 2.45) is 5.73 Å². The van der Waals surface area contributed by atoms with Crippen molar-refractivity contribution < 1.29 is 10.2 Å². The minimum absolute atomic E-state index is 0.00615. The standard InChI is InChI=1S/C12H17NO2/c13-7-11(15)9-1-3-10(4-2-9)12(8-14)5-6-12/h1-4,11,14-15H,5-8,13H2. The van der Waals surface area contributed by atoms with Gasteiger partial charge in [0, 0.05) is 12.0 Å². The third-order valence-corrected chi connectivity index (χ3v) is 3.29. The molecule has 1 aliphatic rings. The third-order valence-electron chi connectivity index (χ3n) is 3.29. The van der Waals surface area contributed by atoms with E-state index < -0.39 is 6.10 Å². The minimum atomic E-state index is -0.580. The van der Waals surface area contributed by atoms with Crippen molar-refractivity contribution in [2.45, 2.75) is 24.4 Å². The van der Waals surface area contributed by atoms with Crippen LogP contribution in [0.15, 0.2) is 24.3 Å². The Morgan fingerprint density at radius 3 is 2.27 bits per heavy atom. The summed E-state index contributed by atoms with van der Waals surface area (Å²) in [7, 11) is 0. The number of aliphatic hydroxyl groups excluding tert-OH is 2. The summed E-state index contributed by atoms with van der Waals surface area (Å²) in [4.78, 5) is 0. The predicted molar refractivity (Wildman–Crippen MR) is 58.5 cm³/mol. The zero-order valence-corrected chi connectivity index (χ0v) is 8.69. The Bertz CT molecular complexity index is 330. The van der Waals surface area contributed by atoms with Crippen LogP contribution in [0, 0.1) is 0 Å². The molecule has 1 aromatic rings. The van der Waals surface area contributed by atoms with E-state index in [1.807, 2.05) is 24.3 Å². The second-order valence-electron chi connectivity index (χ2n) is 4.31. The first kappa shape index (κ1) is 10.6. The lowest BCUT2D eigenvalue weighted by atomic mass is 9.95. The first-order valence-corrected chi connectivity index (χ1v) is 5.31. The van der Waals surface area contributed by atoms with E-state index in [9.17, 15) is 10.2 Å². The van der Waals surface area contributed by atoms with Gasteiger partial charge in [-0.15, -0.1) is 0 Å². The number of hydrogen-bond donors (Lipinski definition) is 3. The van der Waals surface area contributed by atoms with Crippen LogP contribution in [-0.4, -0.2) is 23.4 Å². The van der Waals surface area contributed by atoms with Crippen molar-refractivity contribution in [1.29, 1.82) is 0 Å². The molecule has 0 saturated heterocycles. The Hall–Kier alpha value is -0.900. The van der Waals surface area contributed by atoms with Gasteiger partial charge in [0.15, 0.2) is 0 Å². The molecule has 1 fully saturated rings. The topological polar surface area (TPSA) is 66.5 Å². The molecule has 1 aliphatic carbocycles. The molecule has 0 heterocycles. The lowest BCUT2D eigenvalue weighted by Crippen LogP contribution is -2.14. The summed E-state index contributed by atoms with van der Waals surface area (Å²) in [5, 5.41) is 18.8.